The minimum atomic E-state index is 0.155. The number of phenols is 1. The van der Waals surface area contributed by atoms with Gasteiger partial charge >= 0.3 is 0 Å². The van der Waals surface area contributed by atoms with E-state index in [-0.39, 0.29) is 6.17 Å². The smallest absolute Gasteiger partial charge is 0.116 e. The maximum absolute atomic E-state index is 9.50. The highest BCUT2D eigenvalue weighted by molar-refractivity contribution is 5.59. The lowest BCUT2D eigenvalue weighted by Gasteiger charge is -2.46. The van der Waals surface area contributed by atoms with Crippen molar-refractivity contribution < 1.29 is 5.11 Å². The molecule has 86 valence electrons. The zero-order chi connectivity index (χ0) is 11.1. The molecule has 3 rings (SSSR count). The Bertz CT molecular complexity index is 405. The molecule has 3 nitrogen and oxygen atoms in total. The molecule has 0 amide bonds. The Kier molecular flexibility index (Phi) is 2.28. The first-order valence-corrected chi connectivity index (χ1v) is 6.11. The molecule has 2 unspecified atom stereocenters. The summed E-state index contributed by atoms with van der Waals surface area (Å²) in [6.07, 6.45) is 5.98. The second-order valence-corrected chi connectivity index (χ2v) is 4.91. The van der Waals surface area contributed by atoms with E-state index in [9.17, 15) is 5.11 Å². The van der Waals surface area contributed by atoms with Crippen LogP contribution in [0.1, 0.15) is 31.2 Å². The van der Waals surface area contributed by atoms with Gasteiger partial charge in [-0.2, -0.15) is 0 Å². The topological polar surface area (TPSA) is 49.5 Å². The van der Waals surface area contributed by atoms with E-state index in [0.29, 0.717) is 11.8 Å². The van der Waals surface area contributed by atoms with Crippen LogP contribution in [0.3, 0.4) is 0 Å². The van der Waals surface area contributed by atoms with Crippen molar-refractivity contribution in [3.05, 3.63) is 23.8 Å². The zero-order valence-electron chi connectivity index (χ0n) is 9.39. The summed E-state index contributed by atoms with van der Waals surface area (Å²) in [7, 11) is 0. The zero-order valence-corrected chi connectivity index (χ0v) is 9.39. The third-order valence-electron chi connectivity index (χ3n) is 3.88. The van der Waals surface area contributed by atoms with Crippen LogP contribution < -0.4 is 10.6 Å². The van der Waals surface area contributed by atoms with Crippen molar-refractivity contribution in [1.29, 1.82) is 0 Å². The summed E-state index contributed by atoms with van der Waals surface area (Å²) >= 11 is 0. The van der Waals surface area contributed by atoms with Gasteiger partial charge in [-0.05, 0) is 55.9 Å². The SMILES string of the molecule is NC1CCCC2CCc3cc(O)ccc3N12. The molecule has 1 aromatic carbocycles. The molecule has 0 radical (unpaired) electrons. The van der Waals surface area contributed by atoms with Crippen molar-refractivity contribution in [3.63, 3.8) is 0 Å². The summed E-state index contributed by atoms with van der Waals surface area (Å²) in [4.78, 5) is 2.36. The van der Waals surface area contributed by atoms with Crippen molar-refractivity contribution in [2.24, 2.45) is 5.73 Å². The Balaban J connectivity index is 2.02. The molecule has 0 bridgehead atoms. The van der Waals surface area contributed by atoms with E-state index in [1.54, 1.807) is 6.07 Å². The lowest BCUT2D eigenvalue weighted by molar-refractivity contribution is 0.360. The molecule has 2 aliphatic rings. The van der Waals surface area contributed by atoms with Gasteiger partial charge in [-0.25, -0.2) is 0 Å². The Labute approximate surface area is 95.9 Å². The van der Waals surface area contributed by atoms with Crippen molar-refractivity contribution in [3.8, 4) is 5.75 Å². The molecule has 2 aliphatic heterocycles. The Morgan fingerprint density at radius 2 is 2.12 bits per heavy atom. The molecule has 2 atom stereocenters. The average molecular weight is 218 g/mol. The normalized spacial score (nSPS) is 28.4. The molecule has 0 aliphatic carbocycles. The molecule has 3 N–H and O–H groups in total. The largest absolute Gasteiger partial charge is 0.508 e. The van der Waals surface area contributed by atoms with E-state index >= 15 is 0 Å². The highest BCUT2D eigenvalue weighted by Gasteiger charge is 2.32. The number of nitrogens with two attached hydrogens (primary N) is 1. The number of aromatic hydroxyl groups is 1. The van der Waals surface area contributed by atoms with Gasteiger partial charge in [0, 0.05) is 11.7 Å². The standard InChI is InChI=1S/C13H18N2O/c14-13-3-1-2-10-5-4-9-8-11(16)6-7-12(9)15(10)13/h6-8,10,13,16H,1-5,14H2. The fourth-order valence-corrected chi connectivity index (χ4v) is 3.12. The first-order chi connectivity index (χ1) is 7.75. The molecule has 0 aromatic heterocycles. The second kappa shape index (κ2) is 3.67. The van der Waals surface area contributed by atoms with Gasteiger partial charge in [0.05, 0.1) is 6.17 Å². The first kappa shape index (κ1) is 9.97. The lowest BCUT2D eigenvalue weighted by atomic mass is 9.88. The fourth-order valence-electron chi connectivity index (χ4n) is 3.12. The Morgan fingerprint density at radius 1 is 1.25 bits per heavy atom. The van der Waals surface area contributed by atoms with Crippen molar-refractivity contribution in [1.82, 2.24) is 0 Å². The van der Waals surface area contributed by atoms with Crippen LogP contribution in [0, 0.1) is 0 Å². The summed E-state index contributed by atoms with van der Waals surface area (Å²) in [6.45, 7) is 0. The van der Waals surface area contributed by atoms with E-state index in [4.69, 9.17) is 5.73 Å². The number of nitrogens with zero attached hydrogens (tertiary/aromatic N) is 1. The summed E-state index contributed by atoms with van der Waals surface area (Å²) < 4.78 is 0. The summed E-state index contributed by atoms with van der Waals surface area (Å²) in [6, 6.07) is 6.28. The van der Waals surface area contributed by atoms with Gasteiger partial charge in [0.15, 0.2) is 0 Å². The number of aryl methyl sites for hydroxylation is 1. The number of benzene rings is 1. The predicted molar refractivity (Wildman–Crippen MR) is 64.5 cm³/mol. The van der Waals surface area contributed by atoms with Gasteiger partial charge in [-0.3, -0.25) is 0 Å². The van der Waals surface area contributed by atoms with E-state index < -0.39 is 0 Å². The van der Waals surface area contributed by atoms with E-state index in [1.165, 1.54) is 30.5 Å². The molecule has 0 spiro atoms. The molecular weight excluding hydrogens is 200 g/mol. The maximum atomic E-state index is 9.50. The first-order valence-electron chi connectivity index (χ1n) is 6.11. The van der Waals surface area contributed by atoms with Crippen LogP contribution >= 0.6 is 0 Å². The van der Waals surface area contributed by atoms with E-state index in [1.807, 2.05) is 12.1 Å². The van der Waals surface area contributed by atoms with Crippen molar-refractivity contribution in [2.45, 2.75) is 44.3 Å². The number of phenolic OH excluding ortho intramolecular Hbond substituents is 1. The van der Waals surface area contributed by atoms with Crippen LogP contribution in [-0.4, -0.2) is 17.3 Å². The van der Waals surface area contributed by atoms with Crippen LogP contribution in [0.2, 0.25) is 0 Å². The number of rotatable bonds is 0. The average Bonchev–Trinajstić information content (AvgIpc) is 2.29. The lowest BCUT2D eigenvalue weighted by Crippen LogP contribution is -2.53. The molecule has 1 saturated heterocycles. The Morgan fingerprint density at radius 3 is 3.00 bits per heavy atom. The molecule has 3 heteroatoms. The molecule has 2 heterocycles. The van der Waals surface area contributed by atoms with E-state index in [2.05, 4.69) is 4.90 Å². The van der Waals surface area contributed by atoms with Crippen LogP contribution in [0.15, 0.2) is 18.2 Å². The number of piperidine rings is 1. The minimum absolute atomic E-state index is 0.155. The predicted octanol–water partition coefficient (Wildman–Crippen LogP) is 1.98. The van der Waals surface area contributed by atoms with Gasteiger partial charge in [0.25, 0.3) is 0 Å². The molecule has 16 heavy (non-hydrogen) atoms. The van der Waals surface area contributed by atoms with Gasteiger partial charge in [-0.1, -0.05) is 0 Å². The quantitative estimate of drug-likeness (QED) is 0.700. The fraction of sp³-hybridized carbons (Fsp3) is 0.538. The van der Waals surface area contributed by atoms with Crippen molar-refractivity contribution >= 4 is 5.69 Å². The highest BCUT2D eigenvalue weighted by atomic mass is 16.3. The van der Waals surface area contributed by atoms with E-state index in [0.717, 1.165) is 12.8 Å². The highest BCUT2D eigenvalue weighted by Crippen LogP contribution is 2.38. The van der Waals surface area contributed by atoms with Gasteiger partial charge in [0.2, 0.25) is 0 Å². The van der Waals surface area contributed by atoms with Crippen LogP contribution in [0.4, 0.5) is 5.69 Å². The third-order valence-corrected chi connectivity index (χ3v) is 3.88. The molecule has 1 fully saturated rings. The Hall–Kier alpha value is -1.22. The van der Waals surface area contributed by atoms with Gasteiger partial charge in [0.1, 0.15) is 5.75 Å². The summed E-state index contributed by atoms with van der Waals surface area (Å²) in [5, 5.41) is 9.50. The van der Waals surface area contributed by atoms with Crippen molar-refractivity contribution in [2.75, 3.05) is 4.90 Å². The van der Waals surface area contributed by atoms with Crippen LogP contribution in [0.5, 0.6) is 5.75 Å². The molecule has 0 saturated carbocycles. The minimum Gasteiger partial charge on any atom is -0.508 e. The van der Waals surface area contributed by atoms with Crippen LogP contribution in [0.25, 0.3) is 0 Å². The monoisotopic (exact) mass is 218 g/mol. The second-order valence-electron chi connectivity index (χ2n) is 4.91. The molecule has 1 aromatic rings. The van der Waals surface area contributed by atoms with Gasteiger partial charge in [-0.15, -0.1) is 0 Å². The van der Waals surface area contributed by atoms with Gasteiger partial charge < -0.3 is 15.7 Å². The number of hydrogen-bond donors (Lipinski definition) is 2. The number of fused-ring (bicyclic) bond motifs is 3. The number of hydrogen-bond acceptors (Lipinski definition) is 3. The summed E-state index contributed by atoms with van der Waals surface area (Å²) in [5.41, 5.74) is 8.69. The summed E-state index contributed by atoms with van der Waals surface area (Å²) in [5.74, 6) is 0.364. The molecular formula is C13H18N2O. The third kappa shape index (κ3) is 1.47. The number of anilines is 1. The van der Waals surface area contributed by atoms with Crippen LogP contribution in [-0.2, 0) is 6.42 Å². The maximum Gasteiger partial charge on any atom is 0.116 e.